The number of H-pyrrole nitrogens is 1. The van der Waals surface area contributed by atoms with Gasteiger partial charge in [-0.25, -0.2) is 0 Å². The lowest BCUT2D eigenvalue weighted by Crippen LogP contribution is -2.34. The van der Waals surface area contributed by atoms with Crippen LogP contribution in [0.1, 0.15) is 17.8 Å². The molecule has 0 saturated carbocycles. The third-order valence-corrected chi connectivity index (χ3v) is 3.41. The van der Waals surface area contributed by atoms with Crippen molar-refractivity contribution in [3.63, 3.8) is 0 Å². The molecule has 0 unspecified atom stereocenters. The summed E-state index contributed by atoms with van der Waals surface area (Å²) in [4.78, 5) is 3.92. The Morgan fingerprint density at radius 3 is 2.39 bits per heavy atom. The number of aromatic amines is 1. The second kappa shape index (κ2) is 6.56. The predicted octanol–water partition coefficient (Wildman–Crippen LogP) is 3.42. The zero-order chi connectivity index (χ0) is 16.2. The van der Waals surface area contributed by atoms with E-state index in [9.17, 15) is 8.78 Å². The van der Waals surface area contributed by atoms with Gasteiger partial charge >= 0.3 is 12.2 Å². The lowest BCUT2D eigenvalue weighted by Gasteiger charge is -2.06. The summed E-state index contributed by atoms with van der Waals surface area (Å²) in [6.07, 6.45) is -2.61. The zero-order valence-electron chi connectivity index (χ0n) is 12.5. The van der Waals surface area contributed by atoms with Gasteiger partial charge in [0.05, 0.1) is 0 Å². The van der Waals surface area contributed by atoms with E-state index in [0.29, 0.717) is 18.2 Å². The quantitative estimate of drug-likeness (QED) is 0.733. The van der Waals surface area contributed by atoms with Crippen LogP contribution >= 0.6 is 0 Å². The maximum Gasteiger partial charge on any atom is 0.386 e. The number of rotatable bonds is 5. The number of ether oxygens (including phenoxy) is 1. The van der Waals surface area contributed by atoms with Crippen molar-refractivity contribution < 1.29 is 18.2 Å². The SMILES string of the molecule is C[n+]1[nH]c(-c2ccc(OCc3ccccc3)cc2)nc1C(F)F. The van der Waals surface area contributed by atoms with Gasteiger partial charge in [0.15, 0.2) is 0 Å². The Balaban J connectivity index is 1.71. The first-order chi connectivity index (χ1) is 11.1. The lowest BCUT2D eigenvalue weighted by atomic mass is 10.2. The van der Waals surface area contributed by atoms with Crippen molar-refractivity contribution in [2.75, 3.05) is 0 Å². The van der Waals surface area contributed by atoms with Crippen molar-refractivity contribution in [2.24, 2.45) is 7.05 Å². The molecule has 0 amide bonds. The van der Waals surface area contributed by atoms with Gasteiger partial charge in [0.1, 0.15) is 19.4 Å². The van der Waals surface area contributed by atoms with E-state index in [0.717, 1.165) is 11.1 Å². The van der Waals surface area contributed by atoms with E-state index in [1.165, 1.54) is 11.7 Å². The number of nitrogens with one attached hydrogen (secondary N) is 1. The van der Waals surface area contributed by atoms with E-state index in [2.05, 4.69) is 10.1 Å². The Bertz CT molecular complexity index is 770. The first kappa shape index (κ1) is 15.1. The standard InChI is InChI=1S/C17H15F2N3O/c1-22-17(15(18)19)20-16(21-22)13-7-9-14(10-8-13)23-11-12-5-3-2-4-6-12/h2-10,15H,11H2,1H3/p+1. The molecule has 1 heterocycles. The van der Waals surface area contributed by atoms with Crippen molar-refractivity contribution >= 4 is 0 Å². The summed E-state index contributed by atoms with van der Waals surface area (Å²) in [6, 6.07) is 17.0. The molecule has 0 aliphatic carbocycles. The first-order valence-corrected chi connectivity index (χ1v) is 7.15. The molecule has 0 fully saturated rings. The number of aryl methyl sites for hydroxylation is 1. The third kappa shape index (κ3) is 3.53. The molecule has 0 atom stereocenters. The molecule has 0 aliphatic heterocycles. The first-order valence-electron chi connectivity index (χ1n) is 7.15. The van der Waals surface area contributed by atoms with E-state index in [1.54, 1.807) is 24.3 Å². The molecule has 0 aliphatic rings. The summed E-state index contributed by atoms with van der Waals surface area (Å²) >= 11 is 0. The average molecular weight is 316 g/mol. The minimum atomic E-state index is -2.61. The van der Waals surface area contributed by atoms with Gasteiger partial charge in [-0.1, -0.05) is 30.3 Å². The number of nitrogens with zero attached hydrogens (tertiary/aromatic N) is 2. The van der Waals surface area contributed by atoms with Crippen LogP contribution in [0.4, 0.5) is 8.78 Å². The molecule has 0 spiro atoms. The molecule has 0 radical (unpaired) electrons. The Morgan fingerprint density at radius 2 is 1.78 bits per heavy atom. The van der Waals surface area contributed by atoms with E-state index in [-0.39, 0.29) is 5.82 Å². The number of hydrogen-bond acceptors (Lipinski definition) is 2. The molecule has 118 valence electrons. The minimum Gasteiger partial charge on any atom is -0.489 e. The summed E-state index contributed by atoms with van der Waals surface area (Å²) in [6.45, 7) is 0.478. The van der Waals surface area contributed by atoms with Gasteiger partial charge in [0.2, 0.25) is 0 Å². The largest absolute Gasteiger partial charge is 0.489 e. The highest BCUT2D eigenvalue weighted by Gasteiger charge is 2.26. The number of halogens is 2. The Hall–Kier alpha value is -2.76. The van der Waals surface area contributed by atoms with Crippen LogP contribution in [0.3, 0.4) is 0 Å². The summed E-state index contributed by atoms with van der Waals surface area (Å²) < 4.78 is 32.4. The molecular weight excluding hydrogens is 300 g/mol. The van der Waals surface area contributed by atoms with Gasteiger partial charge in [-0.15, -0.1) is 0 Å². The lowest BCUT2D eigenvalue weighted by molar-refractivity contribution is -0.738. The number of alkyl halides is 2. The molecule has 2 aromatic carbocycles. The van der Waals surface area contributed by atoms with E-state index >= 15 is 0 Å². The smallest absolute Gasteiger partial charge is 0.386 e. The highest BCUT2D eigenvalue weighted by molar-refractivity contribution is 5.55. The van der Waals surface area contributed by atoms with Crippen molar-refractivity contribution in [2.45, 2.75) is 13.0 Å². The van der Waals surface area contributed by atoms with Crippen LogP contribution < -0.4 is 9.42 Å². The molecule has 1 N–H and O–H groups in total. The highest BCUT2D eigenvalue weighted by Crippen LogP contribution is 2.21. The number of aromatic nitrogens is 3. The normalized spacial score (nSPS) is 11.0. The van der Waals surface area contributed by atoms with Crippen molar-refractivity contribution in [3.8, 4) is 17.1 Å². The molecular formula is C17H16F2N3O+. The van der Waals surface area contributed by atoms with Crippen molar-refractivity contribution in [1.82, 2.24) is 10.1 Å². The van der Waals surface area contributed by atoms with Gasteiger partial charge < -0.3 is 4.74 Å². The van der Waals surface area contributed by atoms with E-state index in [4.69, 9.17) is 4.74 Å². The van der Waals surface area contributed by atoms with E-state index in [1.807, 2.05) is 30.3 Å². The topological polar surface area (TPSA) is 41.8 Å². The van der Waals surface area contributed by atoms with Gasteiger partial charge in [0, 0.05) is 5.56 Å². The fourth-order valence-corrected chi connectivity index (χ4v) is 2.20. The van der Waals surface area contributed by atoms with Gasteiger partial charge in [-0.3, -0.25) is 0 Å². The van der Waals surface area contributed by atoms with Crippen LogP contribution in [0.5, 0.6) is 5.75 Å². The summed E-state index contributed by atoms with van der Waals surface area (Å²) in [5.41, 5.74) is 1.80. The fraction of sp³-hybridized carbons (Fsp3) is 0.176. The molecule has 4 nitrogen and oxygen atoms in total. The predicted molar refractivity (Wildman–Crippen MR) is 80.9 cm³/mol. The molecule has 6 heteroatoms. The second-order valence-corrected chi connectivity index (χ2v) is 5.09. The second-order valence-electron chi connectivity index (χ2n) is 5.09. The van der Waals surface area contributed by atoms with Gasteiger partial charge in [-0.05, 0) is 34.8 Å². The zero-order valence-corrected chi connectivity index (χ0v) is 12.5. The Morgan fingerprint density at radius 1 is 1.09 bits per heavy atom. The van der Waals surface area contributed by atoms with Gasteiger partial charge in [0.25, 0.3) is 5.82 Å². The summed E-state index contributed by atoms with van der Waals surface area (Å²) in [5.74, 6) is 0.824. The van der Waals surface area contributed by atoms with Crippen molar-refractivity contribution in [1.29, 1.82) is 0 Å². The van der Waals surface area contributed by atoms with Crippen LogP contribution in [0.2, 0.25) is 0 Å². The summed E-state index contributed by atoms with van der Waals surface area (Å²) in [7, 11) is 1.51. The third-order valence-electron chi connectivity index (χ3n) is 3.41. The maximum absolute atomic E-state index is 12.8. The molecule has 1 aromatic heterocycles. The molecule has 0 bridgehead atoms. The fourth-order valence-electron chi connectivity index (χ4n) is 2.20. The Kier molecular flexibility index (Phi) is 4.32. The molecule has 0 saturated heterocycles. The van der Waals surface area contributed by atoms with E-state index < -0.39 is 6.43 Å². The van der Waals surface area contributed by atoms with Crippen molar-refractivity contribution in [3.05, 3.63) is 66.0 Å². The number of hydrogen-bond donors (Lipinski definition) is 1. The van der Waals surface area contributed by atoms with Crippen LogP contribution in [0, 0.1) is 0 Å². The van der Waals surface area contributed by atoms with Gasteiger partial charge in [-0.2, -0.15) is 18.6 Å². The number of benzene rings is 2. The summed E-state index contributed by atoms with van der Waals surface area (Å²) in [5, 5.41) is 2.80. The van der Waals surface area contributed by atoms with Crippen LogP contribution in [-0.2, 0) is 13.7 Å². The molecule has 3 rings (SSSR count). The minimum absolute atomic E-state index is 0.288. The monoisotopic (exact) mass is 316 g/mol. The average Bonchev–Trinajstić information content (AvgIpc) is 2.96. The highest BCUT2D eigenvalue weighted by atomic mass is 19.3. The Labute approximate surface area is 132 Å². The maximum atomic E-state index is 12.8. The van der Waals surface area contributed by atoms with Crippen LogP contribution in [-0.4, -0.2) is 10.1 Å². The molecule has 3 aromatic rings. The van der Waals surface area contributed by atoms with Crippen LogP contribution in [0.15, 0.2) is 54.6 Å². The van der Waals surface area contributed by atoms with Crippen LogP contribution in [0.25, 0.3) is 11.4 Å². The molecule has 23 heavy (non-hydrogen) atoms.